The van der Waals surface area contributed by atoms with Crippen molar-refractivity contribution in [2.45, 2.75) is 12.8 Å². The summed E-state index contributed by atoms with van der Waals surface area (Å²) in [6.07, 6.45) is 7.60. The van der Waals surface area contributed by atoms with Crippen molar-refractivity contribution in [2.24, 2.45) is 23.7 Å². The molecule has 0 amide bonds. The summed E-state index contributed by atoms with van der Waals surface area (Å²) >= 11 is 0. The Kier molecular flexibility index (Phi) is 5.32. The Bertz CT molecular complexity index is 1370. The van der Waals surface area contributed by atoms with E-state index in [0.717, 1.165) is 0 Å². The van der Waals surface area contributed by atoms with Gasteiger partial charge in [0, 0.05) is 0 Å². The summed E-state index contributed by atoms with van der Waals surface area (Å²) < 4.78 is 0. The van der Waals surface area contributed by atoms with Crippen LogP contribution >= 0.6 is 0 Å². The largest absolute Gasteiger partial charge is 0.0799 e. The van der Waals surface area contributed by atoms with Gasteiger partial charge in [0.05, 0.1) is 0 Å². The van der Waals surface area contributed by atoms with Crippen LogP contribution < -0.4 is 0 Å². The zero-order chi connectivity index (χ0) is 23.9. The lowest BCUT2D eigenvalue weighted by Gasteiger charge is -2.27. The van der Waals surface area contributed by atoms with Crippen molar-refractivity contribution in [2.75, 3.05) is 0 Å². The number of allylic oxidation sites excluding steroid dienone is 4. The summed E-state index contributed by atoms with van der Waals surface area (Å²) in [5, 5.41) is 0. The van der Waals surface area contributed by atoms with Crippen LogP contribution in [0.25, 0.3) is 11.1 Å². The van der Waals surface area contributed by atoms with E-state index in [1.54, 1.807) is 5.57 Å². The van der Waals surface area contributed by atoms with Gasteiger partial charge in [-0.05, 0) is 75.5 Å². The van der Waals surface area contributed by atoms with Crippen molar-refractivity contribution in [3.63, 3.8) is 0 Å². The minimum atomic E-state index is 0.552. The Morgan fingerprint density at radius 3 is 1.36 bits per heavy atom. The number of rotatable bonds is 4. The first kappa shape index (κ1) is 21.4. The fourth-order valence-corrected chi connectivity index (χ4v) is 7.28. The first-order valence-corrected chi connectivity index (χ1v) is 13.3. The Morgan fingerprint density at radius 1 is 0.472 bits per heavy atom. The smallest absolute Gasteiger partial charge is 0.00208 e. The second-order valence-electron chi connectivity index (χ2n) is 10.4. The van der Waals surface area contributed by atoms with Crippen molar-refractivity contribution in [3.05, 3.63) is 167 Å². The monoisotopic (exact) mass is 462 g/mol. The molecular formula is C36H30. The molecule has 0 heteroatoms. The molecule has 174 valence electrons. The molecule has 0 saturated heterocycles. The first-order valence-electron chi connectivity index (χ1n) is 13.3. The molecule has 4 aromatic rings. The van der Waals surface area contributed by atoms with Gasteiger partial charge in [-0.3, -0.25) is 0 Å². The number of hydrogen-bond acceptors (Lipinski definition) is 0. The third-order valence-corrected chi connectivity index (χ3v) is 8.58. The molecule has 2 saturated carbocycles. The summed E-state index contributed by atoms with van der Waals surface area (Å²) in [4.78, 5) is 0. The summed E-state index contributed by atoms with van der Waals surface area (Å²) in [5.74, 6) is 2.36. The van der Waals surface area contributed by atoms with Crippen LogP contribution in [0.5, 0.6) is 0 Å². The third-order valence-electron chi connectivity index (χ3n) is 8.58. The molecule has 3 aliphatic carbocycles. The zero-order valence-electron chi connectivity index (χ0n) is 20.4. The Hall–Kier alpha value is -3.90. The number of fused-ring (bicyclic) bond motifs is 5. The van der Waals surface area contributed by atoms with Gasteiger partial charge < -0.3 is 0 Å². The highest BCUT2D eigenvalue weighted by Crippen LogP contribution is 2.64. The van der Waals surface area contributed by atoms with E-state index in [1.165, 1.54) is 51.8 Å². The zero-order valence-corrected chi connectivity index (χ0v) is 20.4. The van der Waals surface area contributed by atoms with Gasteiger partial charge in [-0.1, -0.05) is 139 Å². The fraction of sp³-hybridized carbons (Fsp3) is 0.167. The Morgan fingerprint density at radius 2 is 0.889 bits per heavy atom. The molecule has 2 fully saturated rings. The third kappa shape index (κ3) is 3.44. The van der Waals surface area contributed by atoms with E-state index in [4.69, 9.17) is 0 Å². The van der Waals surface area contributed by atoms with Crippen molar-refractivity contribution >= 4 is 11.1 Å². The molecule has 2 bridgehead atoms. The normalized spacial score (nSPS) is 23.7. The van der Waals surface area contributed by atoms with Gasteiger partial charge in [-0.2, -0.15) is 0 Å². The van der Waals surface area contributed by atoms with Crippen LogP contribution in [0.4, 0.5) is 0 Å². The van der Waals surface area contributed by atoms with E-state index in [1.807, 2.05) is 0 Å². The van der Waals surface area contributed by atoms with Gasteiger partial charge in [-0.25, -0.2) is 0 Å². The summed E-state index contributed by atoms with van der Waals surface area (Å²) in [5.41, 5.74) is 11.5. The molecule has 4 atom stereocenters. The SMILES string of the molecule is C1=C[C@H]2[C@@H](C1=C(c1ccccc1)c1ccccc1)[C@@H]1CC[C@@H]2C1=C(c1ccccc1)c1ccccc1. The molecule has 7 rings (SSSR count). The van der Waals surface area contributed by atoms with E-state index >= 15 is 0 Å². The molecule has 36 heavy (non-hydrogen) atoms. The molecule has 0 aromatic heterocycles. The fourth-order valence-electron chi connectivity index (χ4n) is 7.28. The maximum Gasteiger partial charge on any atom is -0.00208 e. The molecule has 0 N–H and O–H groups in total. The predicted molar refractivity (Wildman–Crippen MR) is 150 cm³/mol. The highest BCUT2D eigenvalue weighted by atomic mass is 14.6. The molecular weight excluding hydrogens is 432 g/mol. The Balaban J connectivity index is 1.44. The lowest BCUT2D eigenvalue weighted by molar-refractivity contribution is 0.322. The maximum atomic E-state index is 2.54. The van der Waals surface area contributed by atoms with Crippen LogP contribution in [0.2, 0.25) is 0 Å². The Labute approximate surface area is 214 Å². The van der Waals surface area contributed by atoms with E-state index in [2.05, 4.69) is 133 Å². The van der Waals surface area contributed by atoms with E-state index in [0.29, 0.717) is 23.7 Å². The van der Waals surface area contributed by atoms with Gasteiger partial charge >= 0.3 is 0 Å². The van der Waals surface area contributed by atoms with Crippen LogP contribution in [-0.4, -0.2) is 0 Å². The number of benzene rings is 4. The van der Waals surface area contributed by atoms with E-state index in [9.17, 15) is 0 Å². The molecule has 0 aliphatic heterocycles. The van der Waals surface area contributed by atoms with Gasteiger partial charge in [0.1, 0.15) is 0 Å². The average molecular weight is 463 g/mol. The van der Waals surface area contributed by atoms with Gasteiger partial charge in [0.25, 0.3) is 0 Å². The minimum absolute atomic E-state index is 0.552. The lowest BCUT2D eigenvalue weighted by atomic mass is 9.76. The summed E-state index contributed by atoms with van der Waals surface area (Å²) in [7, 11) is 0. The van der Waals surface area contributed by atoms with Crippen LogP contribution in [0.3, 0.4) is 0 Å². The predicted octanol–water partition coefficient (Wildman–Crippen LogP) is 8.83. The first-order chi connectivity index (χ1) is 17.9. The van der Waals surface area contributed by atoms with Crippen LogP contribution in [-0.2, 0) is 0 Å². The van der Waals surface area contributed by atoms with Crippen molar-refractivity contribution in [3.8, 4) is 0 Å². The van der Waals surface area contributed by atoms with E-state index in [-0.39, 0.29) is 0 Å². The van der Waals surface area contributed by atoms with Gasteiger partial charge in [0.15, 0.2) is 0 Å². The quantitative estimate of drug-likeness (QED) is 0.284. The van der Waals surface area contributed by atoms with Gasteiger partial charge in [-0.15, -0.1) is 0 Å². The molecule has 3 aliphatic rings. The molecule has 0 nitrogen and oxygen atoms in total. The van der Waals surface area contributed by atoms with Crippen molar-refractivity contribution < 1.29 is 0 Å². The summed E-state index contributed by atoms with van der Waals surface area (Å²) in [6, 6.07) is 44.2. The molecule has 0 unspecified atom stereocenters. The lowest BCUT2D eigenvalue weighted by Crippen LogP contribution is -2.19. The summed E-state index contributed by atoms with van der Waals surface area (Å²) in [6.45, 7) is 0. The second kappa shape index (κ2) is 8.95. The molecule has 4 aromatic carbocycles. The van der Waals surface area contributed by atoms with Crippen LogP contribution in [0, 0.1) is 23.7 Å². The highest BCUT2D eigenvalue weighted by molar-refractivity contribution is 5.87. The van der Waals surface area contributed by atoms with Crippen molar-refractivity contribution in [1.29, 1.82) is 0 Å². The number of hydrogen-bond donors (Lipinski definition) is 0. The minimum Gasteiger partial charge on any atom is -0.0799 e. The molecule has 0 radical (unpaired) electrons. The van der Waals surface area contributed by atoms with Crippen molar-refractivity contribution in [1.82, 2.24) is 0 Å². The maximum absolute atomic E-state index is 2.54. The second-order valence-corrected chi connectivity index (χ2v) is 10.4. The van der Waals surface area contributed by atoms with Gasteiger partial charge in [0.2, 0.25) is 0 Å². The molecule has 0 spiro atoms. The van der Waals surface area contributed by atoms with Crippen LogP contribution in [0.1, 0.15) is 35.1 Å². The van der Waals surface area contributed by atoms with Crippen LogP contribution in [0.15, 0.2) is 145 Å². The highest BCUT2D eigenvalue weighted by Gasteiger charge is 2.54. The molecule has 0 heterocycles. The van der Waals surface area contributed by atoms with E-state index < -0.39 is 0 Å². The average Bonchev–Trinajstić information content (AvgIpc) is 3.64. The standard InChI is InChI=1S/C36H30/c1-5-13-25(14-6-1)33(26-15-7-2-8-16-26)31-23-21-29-30-22-24-32(35(29)31)36(30)34(27-17-9-3-10-18-27)28-19-11-4-12-20-28/h1-21,23,29-30,32,35H,22,24H2/t29-,30+,32+,35+/m1/s1. The topological polar surface area (TPSA) is 0 Å².